The van der Waals surface area contributed by atoms with Crippen molar-refractivity contribution >= 4 is 23.4 Å². The molecule has 1 atom stereocenters. The Balaban J connectivity index is 1.62. The molecule has 0 spiro atoms. The van der Waals surface area contributed by atoms with E-state index in [0.717, 1.165) is 5.56 Å². The van der Waals surface area contributed by atoms with Gasteiger partial charge in [0.2, 0.25) is 11.8 Å². The third-order valence-corrected chi connectivity index (χ3v) is 4.74. The predicted molar refractivity (Wildman–Crippen MR) is 98.3 cm³/mol. The van der Waals surface area contributed by atoms with E-state index in [1.54, 1.807) is 24.0 Å². The number of hydrogen-bond donors (Lipinski definition) is 2. The van der Waals surface area contributed by atoms with Crippen LogP contribution < -0.4 is 10.6 Å². The molecule has 144 valence electrons. The number of carbonyl (C=O) groups is 2. The number of carbonyl (C=O) groups excluding carboxylic acids is 2. The molecule has 9 heteroatoms. The average molecular weight is 394 g/mol. The molecule has 0 aliphatic carbocycles. The van der Waals surface area contributed by atoms with E-state index in [4.69, 9.17) is 11.6 Å². The van der Waals surface area contributed by atoms with Crippen molar-refractivity contribution in [3.8, 4) is 0 Å². The van der Waals surface area contributed by atoms with Crippen molar-refractivity contribution in [3.63, 3.8) is 0 Å². The summed E-state index contributed by atoms with van der Waals surface area (Å²) in [5.41, 5.74) is 1.58. The minimum atomic E-state index is -0.605. The van der Waals surface area contributed by atoms with Gasteiger partial charge in [-0.05, 0) is 17.7 Å². The van der Waals surface area contributed by atoms with Crippen LogP contribution in [0.2, 0.25) is 5.02 Å². The van der Waals surface area contributed by atoms with Gasteiger partial charge in [-0.2, -0.15) is 5.10 Å². The van der Waals surface area contributed by atoms with Gasteiger partial charge in [0.05, 0.1) is 23.7 Å². The van der Waals surface area contributed by atoms with Crippen molar-refractivity contribution < 1.29 is 14.0 Å². The predicted octanol–water partition coefficient (Wildman–Crippen LogP) is 1.22. The summed E-state index contributed by atoms with van der Waals surface area (Å²) >= 11 is 5.72. The number of amides is 2. The van der Waals surface area contributed by atoms with E-state index in [-0.39, 0.29) is 23.3 Å². The summed E-state index contributed by atoms with van der Waals surface area (Å²) < 4.78 is 15.3. The molecule has 1 aromatic carbocycles. The number of rotatable bonds is 6. The Labute approximate surface area is 161 Å². The minimum absolute atomic E-state index is 0.0299. The van der Waals surface area contributed by atoms with Crippen LogP contribution in [0.25, 0.3) is 0 Å². The fraction of sp³-hybridized carbons (Fsp3) is 0.389. The van der Waals surface area contributed by atoms with E-state index in [1.165, 1.54) is 12.1 Å². The van der Waals surface area contributed by atoms with Crippen molar-refractivity contribution in [1.29, 1.82) is 0 Å². The van der Waals surface area contributed by atoms with Gasteiger partial charge in [-0.3, -0.25) is 19.2 Å². The highest BCUT2D eigenvalue weighted by Crippen LogP contribution is 2.19. The van der Waals surface area contributed by atoms with E-state index in [0.29, 0.717) is 31.7 Å². The summed E-state index contributed by atoms with van der Waals surface area (Å²) in [5.74, 6) is -0.929. The molecule has 2 N–H and O–H groups in total. The zero-order chi connectivity index (χ0) is 19.4. The third kappa shape index (κ3) is 5.05. The molecule has 0 saturated carbocycles. The SMILES string of the molecule is Cn1cc(CNC(=O)CC2C(=O)NCCN2Cc2ccc(Cl)c(F)c2)cn1. The lowest BCUT2D eigenvalue weighted by Gasteiger charge is -2.34. The quantitative estimate of drug-likeness (QED) is 0.773. The van der Waals surface area contributed by atoms with Crippen LogP contribution in [0.4, 0.5) is 4.39 Å². The van der Waals surface area contributed by atoms with E-state index in [9.17, 15) is 14.0 Å². The molecule has 0 bridgehead atoms. The first-order valence-electron chi connectivity index (χ1n) is 8.62. The lowest BCUT2D eigenvalue weighted by molar-refractivity contribution is -0.134. The standard InChI is InChI=1S/C18H21ClFN5O2/c1-24-10-13(9-23-24)8-22-17(26)7-16-18(27)21-4-5-25(16)11-12-2-3-14(19)15(20)6-12/h2-3,6,9-10,16H,4-5,7-8,11H2,1H3,(H,21,27)(H,22,26). The van der Waals surface area contributed by atoms with E-state index in [2.05, 4.69) is 15.7 Å². The molecule has 3 rings (SSSR count). The first-order chi connectivity index (χ1) is 12.9. The summed E-state index contributed by atoms with van der Waals surface area (Å²) in [6.45, 7) is 1.78. The molecule has 1 unspecified atom stereocenters. The Morgan fingerprint density at radius 1 is 1.44 bits per heavy atom. The summed E-state index contributed by atoms with van der Waals surface area (Å²) in [5, 5.41) is 9.69. The van der Waals surface area contributed by atoms with Gasteiger partial charge in [0.15, 0.2) is 0 Å². The number of hydrogen-bond acceptors (Lipinski definition) is 4. The van der Waals surface area contributed by atoms with E-state index >= 15 is 0 Å². The molecule has 2 aromatic rings. The van der Waals surface area contributed by atoms with Gasteiger partial charge < -0.3 is 10.6 Å². The summed E-state index contributed by atoms with van der Waals surface area (Å²) in [4.78, 5) is 26.5. The molecule has 1 saturated heterocycles. The molecule has 1 fully saturated rings. The second kappa shape index (κ2) is 8.49. The average Bonchev–Trinajstić information content (AvgIpc) is 3.05. The highest BCUT2D eigenvalue weighted by atomic mass is 35.5. The van der Waals surface area contributed by atoms with Crippen LogP contribution in [0.5, 0.6) is 0 Å². The van der Waals surface area contributed by atoms with E-state index < -0.39 is 11.9 Å². The zero-order valence-electron chi connectivity index (χ0n) is 14.9. The van der Waals surface area contributed by atoms with Crippen LogP contribution in [0.3, 0.4) is 0 Å². The second-order valence-corrected chi connectivity index (χ2v) is 6.94. The molecule has 27 heavy (non-hydrogen) atoms. The Morgan fingerprint density at radius 3 is 2.96 bits per heavy atom. The zero-order valence-corrected chi connectivity index (χ0v) is 15.7. The number of nitrogens with one attached hydrogen (secondary N) is 2. The maximum absolute atomic E-state index is 13.7. The number of aromatic nitrogens is 2. The monoisotopic (exact) mass is 393 g/mol. The highest BCUT2D eigenvalue weighted by Gasteiger charge is 2.31. The first-order valence-corrected chi connectivity index (χ1v) is 9.00. The van der Waals surface area contributed by atoms with Crippen molar-refractivity contribution in [2.75, 3.05) is 13.1 Å². The second-order valence-electron chi connectivity index (χ2n) is 6.53. The van der Waals surface area contributed by atoms with Crippen LogP contribution in [-0.4, -0.2) is 45.6 Å². The summed E-state index contributed by atoms with van der Waals surface area (Å²) in [6.07, 6.45) is 3.52. The molecular formula is C18H21ClFN5O2. The Kier molecular flexibility index (Phi) is 6.08. The maximum atomic E-state index is 13.7. The molecule has 2 amide bonds. The maximum Gasteiger partial charge on any atom is 0.237 e. The number of halogens is 2. The highest BCUT2D eigenvalue weighted by molar-refractivity contribution is 6.30. The van der Waals surface area contributed by atoms with Crippen LogP contribution in [0.15, 0.2) is 30.6 Å². The lowest BCUT2D eigenvalue weighted by atomic mass is 10.1. The summed E-state index contributed by atoms with van der Waals surface area (Å²) in [7, 11) is 1.80. The van der Waals surface area contributed by atoms with Crippen LogP contribution in [-0.2, 0) is 29.7 Å². The van der Waals surface area contributed by atoms with Crippen LogP contribution >= 0.6 is 11.6 Å². The fourth-order valence-corrected chi connectivity index (χ4v) is 3.17. The Morgan fingerprint density at radius 2 is 2.26 bits per heavy atom. The third-order valence-electron chi connectivity index (χ3n) is 4.44. The van der Waals surface area contributed by atoms with Gasteiger partial charge in [-0.15, -0.1) is 0 Å². The van der Waals surface area contributed by atoms with Gasteiger partial charge in [0.1, 0.15) is 5.82 Å². The first kappa shape index (κ1) is 19.3. The molecule has 1 aliphatic heterocycles. The van der Waals surface area contributed by atoms with Crippen molar-refractivity contribution in [3.05, 3.63) is 52.6 Å². The smallest absolute Gasteiger partial charge is 0.237 e. The largest absolute Gasteiger partial charge is 0.353 e. The van der Waals surface area contributed by atoms with E-state index in [1.807, 2.05) is 11.1 Å². The van der Waals surface area contributed by atoms with Gasteiger partial charge in [-0.1, -0.05) is 17.7 Å². The molecule has 0 radical (unpaired) electrons. The lowest BCUT2D eigenvalue weighted by Crippen LogP contribution is -2.56. The topological polar surface area (TPSA) is 79.3 Å². The van der Waals surface area contributed by atoms with Crippen molar-refractivity contribution in [1.82, 2.24) is 25.3 Å². The normalized spacial score (nSPS) is 17.6. The van der Waals surface area contributed by atoms with Gasteiger partial charge >= 0.3 is 0 Å². The summed E-state index contributed by atoms with van der Waals surface area (Å²) in [6, 6.07) is 3.96. The molecule has 1 aromatic heterocycles. The number of nitrogens with zero attached hydrogens (tertiary/aromatic N) is 3. The molecule has 1 aliphatic rings. The number of benzene rings is 1. The number of aryl methyl sites for hydroxylation is 1. The molecule has 2 heterocycles. The Hall–Kier alpha value is -2.45. The van der Waals surface area contributed by atoms with Gasteiger partial charge in [0.25, 0.3) is 0 Å². The minimum Gasteiger partial charge on any atom is -0.353 e. The van der Waals surface area contributed by atoms with Crippen LogP contribution in [0.1, 0.15) is 17.5 Å². The van der Waals surface area contributed by atoms with Crippen LogP contribution in [0, 0.1) is 5.82 Å². The van der Waals surface area contributed by atoms with Crippen molar-refractivity contribution in [2.24, 2.45) is 7.05 Å². The van der Waals surface area contributed by atoms with Gasteiger partial charge in [-0.25, -0.2) is 4.39 Å². The molecular weight excluding hydrogens is 373 g/mol. The Bertz CT molecular complexity index is 841. The van der Waals surface area contributed by atoms with Gasteiger partial charge in [0, 0.05) is 45.0 Å². The number of piperazine rings is 1. The molecule has 7 nitrogen and oxygen atoms in total. The fourth-order valence-electron chi connectivity index (χ4n) is 3.06. The van der Waals surface area contributed by atoms with Crippen molar-refractivity contribution in [2.45, 2.75) is 25.6 Å².